The molecule has 21 heavy (non-hydrogen) atoms. The summed E-state index contributed by atoms with van der Waals surface area (Å²) >= 11 is 0. The topological polar surface area (TPSA) is 53.6 Å². The van der Waals surface area contributed by atoms with Crippen LogP contribution in [-0.2, 0) is 0 Å². The average Bonchev–Trinajstić information content (AvgIpc) is 2.38. The minimum Gasteiger partial charge on any atom is -0.370 e. The third kappa shape index (κ3) is 6.58. The van der Waals surface area contributed by atoms with E-state index >= 15 is 0 Å². The van der Waals surface area contributed by atoms with Crippen molar-refractivity contribution in [3.63, 3.8) is 0 Å². The molecule has 0 bridgehead atoms. The maximum atomic E-state index is 13.3. The summed E-state index contributed by atoms with van der Waals surface area (Å²) in [7, 11) is 3.90. The molecule has 4 nitrogen and oxygen atoms in total. The van der Waals surface area contributed by atoms with Crippen molar-refractivity contribution in [1.29, 1.82) is 0 Å². The number of nitrogens with one attached hydrogen (secondary N) is 1. The van der Waals surface area contributed by atoms with Gasteiger partial charge < -0.3 is 16.0 Å². The Kier molecular flexibility index (Phi) is 7.15. The van der Waals surface area contributed by atoms with E-state index in [0.29, 0.717) is 18.4 Å². The first-order chi connectivity index (χ1) is 9.90. The van der Waals surface area contributed by atoms with Gasteiger partial charge in [0, 0.05) is 6.54 Å². The summed E-state index contributed by atoms with van der Waals surface area (Å²) in [5.41, 5.74) is 6.76. The van der Waals surface area contributed by atoms with E-state index in [0.717, 1.165) is 18.5 Å². The highest BCUT2D eigenvalue weighted by atomic mass is 19.1. The summed E-state index contributed by atoms with van der Waals surface area (Å²) < 4.78 is 13.3. The zero-order chi connectivity index (χ0) is 15.8. The molecule has 1 atom stereocenters. The highest BCUT2D eigenvalue weighted by molar-refractivity contribution is 5.77. The van der Waals surface area contributed by atoms with E-state index in [1.54, 1.807) is 12.1 Å². The van der Waals surface area contributed by atoms with Crippen LogP contribution in [0.3, 0.4) is 0 Å². The first-order valence-electron chi connectivity index (χ1n) is 7.35. The van der Waals surface area contributed by atoms with E-state index in [2.05, 4.69) is 24.2 Å². The summed E-state index contributed by atoms with van der Waals surface area (Å²) in [4.78, 5) is 6.38. The fourth-order valence-corrected chi connectivity index (χ4v) is 2.01. The van der Waals surface area contributed by atoms with Crippen LogP contribution < -0.4 is 11.1 Å². The molecule has 0 saturated carbocycles. The fourth-order valence-electron chi connectivity index (χ4n) is 2.01. The van der Waals surface area contributed by atoms with Crippen molar-refractivity contribution in [2.75, 3.05) is 27.2 Å². The summed E-state index contributed by atoms with van der Waals surface area (Å²) in [6.07, 6.45) is 1.05. The van der Waals surface area contributed by atoms with E-state index in [1.807, 2.05) is 25.1 Å². The monoisotopic (exact) mass is 294 g/mol. The highest BCUT2D eigenvalue weighted by Gasteiger charge is 2.14. The second-order valence-electron chi connectivity index (χ2n) is 5.87. The van der Waals surface area contributed by atoms with Gasteiger partial charge in [-0.1, -0.05) is 26.0 Å². The molecule has 0 amide bonds. The summed E-state index contributed by atoms with van der Waals surface area (Å²) in [5, 5.41) is 3.11. The SMILES string of the molecule is CC(C)CCNC(N)=NCC(c1cccc(F)c1)N(C)C. The minimum atomic E-state index is -0.230. The minimum absolute atomic E-state index is 0.00569. The van der Waals surface area contributed by atoms with Gasteiger partial charge in [0.2, 0.25) is 0 Å². The second-order valence-corrected chi connectivity index (χ2v) is 5.87. The lowest BCUT2D eigenvalue weighted by atomic mass is 10.1. The lowest BCUT2D eigenvalue weighted by molar-refractivity contribution is 0.305. The van der Waals surface area contributed by atoms with Gasteiger partial charge in [0.05, 0.1) is 12.6 Å². The molecule has 0 aliphatic heterocycles. The van der Waals surface area contributed by atoms with Crippen molar-refractivity contribution in [3.8, 4) is 0 Å². The number of hydrogen-bond acceptors (Lipinski definition) is 2. The van der Waals surface area contributed by atoms with Gasteiger partial charge >= 0.3 is 0 Å². The molecule has 0 aromatic heterocycles. The van der Waals surface area contributed by atoms with Crippen LogP contribution in [0.25, 0.3) is 0 Å². The molecule has 0 saturated heterocycles. The first-order valence-corrected chi connectivity index (χ1v) is 7.35. The van der Waals surface area contributed by atoms with Gasteiger partial charge in [-0.15, -0.1) is 0 Å². The predicted octanol–water partition coefficient (Wildman–Crippen LogP) is 2.38. The fraction of sp³-hybridized carbons (Fsp3) is 0.562. The zero-order valence-electron chi connectivity index (χ0n) is 13.4. The van der Waals surface area contributed by atoms with Crippen LogP contribution in [0.2, 0.25) is 0 Å². The van der Waals surface area contributed by atoms with Gasteiger partial charge in [-0.05, 0) is 44.1 Å². The number of rotatable bonds is 7. The van der Waals surface area contributed by atoms with Gasteiger partial charge in [-0.3, -0.25) is 4.99 Å². The van der Waals surface area contributed by atoms with Crippen molar-refractivity contribution in [3.05, 3.63) is 35.6 Å². The maximum absolute atomic E-state index is 13.3. The summed E-state index contributed by atoms with van der Waals surface area (Å²) in [5.74, 6) is 0.845. The number of nitrogens with zero attached hydrogens (tertiary/aromatic N) is 2. The number of aliphatic imine (C=N–C) groups is 1. The smallest absolute Gasteiger partial charge is 0.188 e. The van der Waals surface area contributed by atoms with Crippen LogP contribution in [0.1, 0.15) is 31.9 Å². The predicted molar refractivity (Wildman–Crippen MR) is 86.8 cm³/mol. The van der Waals surface area contributed by atoms with Crippen LogP contribution in [0.15, 0.2) is 29.3 Å². The number of likely N-dealkylation sites (N-methyl/N-ethyl adjacent to an activating group) is 1. The van der Waals surface area contributed by atoms with Gasteiger partial charge in [0.1, 0.15) is 5.82 Å². The van der Waals surface area contributed by atoms with E-state index in [4.69, 9.17) is 5.73 Å². The number of benzene rings is 1. The van der Waals surface area contributed by atoms with Crippen molar-refractivity contribution in [2.24, 2.45) is 16.6 Å². The summed E-state index contributed by atoms with van der Waals surface area (Å²) in [6, 6.07) is 6.62. The Labute approximate surface area is 127 Å². The molecule has 0 fully saturated rings. The molecule has 0 radical (unpaired) electrons. The van der Waals surface area contributed by atoms with Crippen LogP contribution in [0.4, 0.5) is 4.39 Å². The Bertz CT molecular complexity index is 457. The molecule has 0 heterocycles. The molecule has 1 unspecified atom stereocenters. The molecule has 1 aromatic carbocycles. The van der Waals surface area contributed by atoms with Crippen LogP contribution in [0.5, 0.6) is 0 Å². The van der Waals surface area contributed by atoms with Crippen LogP contribution >= 0.6 is 0 Å². The van der Waals surface area contributed by atoms with E-state index in [-0.39, 0.29) is 11.9 Å². The third-order valence-corrected chi connectivity index (χ3v) is 3.32. The lowest BCUT2D eigenvalue weighted by Crippen LogP contribution is -2.34. The lowest BCUT2D eigenvalue weighted by Gasteiger charge is -2.23. The Hall–Kier alpha value is -1.62. The normalized spacial score (nSPS) is 13.8. The van der Waals surface area contributed by atoms with Crippen LogP contribution in [0, 0.1) is 11.7 Å². The second kappa shape index (κ2) is 8.62. The summed E-state index contributed by atoms with van der Waals surface area (Å²) in [6.45, 7) is 5.65. The molecule has 3 N–H and O–H groups in total. The van der Waals surface area contributed by atoms with E-state index in [1.165, 1.54) is 6.07 Å². The van der Waals surface area contributed by atoms with E-state index < -0.39 is 0 Å². The standard InChI is InChI=1S/C16H27FN4/c1-12(2)8-9-19-16(18)20-11-15(21(3)4)13-6-5-7-14(17)10-13/h5-7,10,12,15H,8-9,11H2,1-4H3,(H3,18,19,20). The molecule has 0 aliphatic rings. The zero-order valence-corrected chi connectivity index (χ0v) is 13.4. The van der Waals surface area contributed by atoms with Crippen LogP contribution in [-0.4, -0.2) is 38.0 Å². The van der Waals surface area contributed by atoms with Gasteiger partial charge in [0.25, 0.3) is 0 Å². The highest BCUT2D eigenvalue weighted by Crippen LogP contribution is 2.19. The molecule has 118 valence electrons. The Balaban J connectivity index is 2.63. The van der Waals surface area contributed by atoms with Crippen molar-refractivity contribution in [1.82, 2.24) is 10.2 Å². The van der Waals surface area contributed by atoms with Crippen molar-refractivity contribution < 1.29 is 4.39 Å². The van der Waals surface area contributed by atoms with Crippen molar-refractivity contribution in [2.45, 2.75) is 26.3 Å². The van der Waals surface area contributed by atoms with Crippen molar-refractivity contribution >= 4 is 5.96 Å². The molecule has 5 heteroatoms. The maximum Gasteiger partial charge on any atom is 0.188 e. The number of halogens is 1. The quantitative estimate of drug-likeness (QED) is 0.599. The largest absolute Gasteiger partial charge is 0.370 e. The Morgan fingerprint density at radius 2 is 2.10 bits per heavy atom. The molecule has 1 aromatic rings. The third-order valence-electron chi connectivity index (χ3n) is 3.32. The Morgan fingerprint density at radius 3 is 2.67 bits per heavy atom. The van der Waals surface area contributed by atoms with Gasteiger partial charge in [0.15, 0.2) is 5.96 Å². The first kappa shape index (κ1) is 17.4. The van der Waals surface area contributed by atoms with Gasteiger partial charge in [-0.25, -0.2) is 4.39 Å². The average molecular weight is 294 g/mol. The molecule has 0 aliphatic carbocycles. The van der Waals surface area contributed by atoms with Gasteiger partial charge in [-0.2, -0.15) is 0 Å². The molecule has 0 spiro atoms. The number of nitrogens with two attached hydrogens (primary N) is 1. The van der Waals surface area contributed by atoms with E-state index in [9.17, 15) is 4.39 Å². The number of guanidine groups is 1. The number of hydrogen-bond donors (Lipinski definition) is 2. The molecule has 1 rings (SSSR count). The molecular weight excluding hydrogens is 267 g/mol. The Morgan fingerprint density at radius 1 is 1.38 bits per heavy atom. The molecular formula is C16H27FN4.